The Morgan fingerprint density at radius 2 is 1.70 bits per heavy atom. The largest absolute Gasteiger partial charge is 0.573 e. The number of amides is 1. The fraction of sp³-hybridized carbons (Fsp3) is 0.278. The van der Waals surface area contributed by atoms with Gasteiger partial charge in [-0.15, -0.1) is 13.2 Å². The second-order valence-corrected chi connectivity index (χ2v) is 5.41. The maximum atomic E-state index is 12.1. The number of alkyl halides is 3. The fourth-order valence-corrected chi connectivity index (χ4v) is 2.31. The van der Waals surface area contributed by atoms with Crippen molar-refractivity contribution >= 4 is 5.91 Å². The Morgan fingerprint density at radius 1 is 1.07 bits per heavy atom. The Balaban J connectivity index is 2.01. The van der Waals surface area contributed by atoms with Crippen LogP contribution >= 0.6 is 0 Å². The average Bonchev–Trinajstić information content (AvgIpc) is 2.64. The highest BCUT2D eigenvalue weighted by Gasteiger charge is 2.31. The SMILES string of the molecule is COc1ccc(OC)c(C(O)CNC(=O)c2ccc(OC(F)(F)F)cc2)c1. The summed E-state index contributed by atoms with van der Waals surface area (Å²) in [5.41, 5.74) is 0.542. The zero-order valence-electron chi connectivity index (χ0n) is 14.5. The van der Waals surface area contributed by atoms with Gasteiger partial charge in [-0.2, -0.15) is 0 Å². The third kappa shape index (κ3) is 5.78. The van der Waals surface area contributed by atoms with Crippen molar-refractivity contribution in [3.05, 3.63) is 53.6 Å². The van der Waals surface area contributed by atoms with Crippen molar-refractivity contribution in [3.63, 3.8) is 0 Å². The summed E-state index contributed by atoms with van der Waals surface area (Å²) < 4.78 is 50.4. The summed E-state index contributed by atoms with van der Waals surface area (Å²) in [4.78, 5) is 12.1. The number of halogens is 3. The van der Waals surface area contributed by atoms with Gasteiger partial charge in [0.15, 0.2) is 0 Å². The lowest BCUT2D eigenvalue weighted by Crippen LogP contribution is -2.28. The molecule has 1 unspecified atom stereocenters. The summed E-state index contributed by atoms with van der Waals surface area (Å²) in [6.07, 6.45) is -5.88. The number of carbonyl (C=O) groups excluding carboxylic acids is 1. The Morgan fingerprint density at radius 3 is 2.26 bits per heavy atom. The molecule has 0 saturated heterocycles. The maximum absolute atomic E-state index is 12.1. The Bertz CT molecular complexity index is 778. The highest BCUT2D eigenvalue weighted by atomic mass is 19.4. The van der Waals surface area contributed by atoms with Crippen LogP contribution in [-0.4, -0.2) is 38.1 Å². The van der Waals surface area contributed by atoms with E-state index in [4.69, 9.17) is 9.47 Å². The monoisotopic (exact) mass is 385 g/mol. The van der Waals surface area contributed by atoms with Crippen molar-refractivity contribution in [1.29, 1.82) is 0 Å². The number of carbonyl (C=O) groups is 1. The number of benzene rings is 2. The lowest BCUT2D eigenvalue weighted by molar-refractivity contribution is -0.274. The first kappa shape index (κ1) is 20.4. The van der Waals surface area contributed by atoms with E-state index in [-0.39, 0.29) is 12.1 Å². The van der Waals surface area contributed by atoms with Gasteiger partial charge in [-0.3, -0.25) is 4.79 Å². The van der Waals surface area contributed by atoms with Crippen LogP contribution in [0, 0.1) is 0 Å². The summed E-state index contributed by atoms with van der Waals surface area (Å²) in [6.45, 7) is -0.136. The first-order valence-corrected chi connectivity index (χ1v) is 7.77. The molecule has 0 heterocycles. The maximum Gasteiger partial charge on any atom is 0.573 e. The number of hydrogen-bond acceptors (Lipinski definition) is 5. The predicted molar refractivity (Wildman–Crippen MR) is 90.0 cm³/mol. The smallest absolute Gasteiger partial charge is 0.497 e. The quantitative estimate of drug-likeness (QED) is 0.766. The molecule has 0 aliphatic carbocycles. The molecule has 0 bridgehead atoms. The summed E-state index contributed by atoms with van der Waals surface area (Å²) in [6, 6.07) is 9.31. The molecule has 0 spiro atoms. The van der Waals surface area contributed by atoms with E-state index in [9.17, 15) is 23.1 Å². The molecule has 9 heteroatoms. The number of aliphatic hydroxyl groups excluding tert-OH is 1. The molecule has 0 aliphatic heterocycles. The third-order valence-electron chi connectivity index (χ3n) is 3.60. The number of ether oxygens (including phenoxy) is 3. The van der Waals surface area contributed by atoms with E-state index in [1.165, 1.54) is 26.4 Å². The number of methoxy groups -OCH3 is 2. The molecular formula is C18H18F3NO5. The third-order valence-corrected chi connectivity index (χ3v) is 3.60. The second-order valence-electron chi connectivity index (χ2n) is 5.41. The van der Waals surface area contributed by atoms with Crippen LogP contribution < -0.4 is 19.5 Å². The van der Waals surface area contributed by atoms with Crippen LogP contribution in [0.4, 0.5) is 13.2 Å². The molecule has 2 rings (SSSR count). The zero-order valence-corrected chi connectivity index (χ0v) is 14.5. The molecule has 0 aromatic heterocycles. The minimum absolute atomic E-state index is 0.120. The van der Waals surface area contributed by atoms with Crippen molar-refractivity contribution in [2.45, 2.75) is 12.5 Å². The van der Waals surface area contributed by atoms with E-state index in [0.717, 1.165) is 12.1 Å². The molecular weight excluding hydrogens is 367 g/mol. The normalized spacial score (nSPS) is 12.2. The molecule has 0 aliphatic rings. The van der Waals surface area contributed by atoms with E-state index in [2.05, 4.69) is 10.1 Å². The van der Waals surface area contributed by atoms with Crippen LogP contribution in [0.15, 0.2) is 42.5 Å². The van der Waals surface area contributed by atoms with Crippen LogP contribution in [0.2, 0.25) is 0 Å². The second kappa shape index (κ2) is 8.63. The lowest BCUT2D eigenvalue weighted by Gasteiger charge is -2.16. The molecule has 1 amide bonds. The van der Waals surface area contributed by atoms with Gasteiger partial charge >= 0.3 is 6.36 Å². The van der Waals surface area contributed by atoms with Gasteiger partial charge in [0.25, 0.3) is 5.91 Å². The molecule has 1 atom stereocenters. The summed E-state index contributed by atoms with van der Waals surface area (Å²) >= 11 is 0. The van der Waals surface area contributed by atoms with E-state index in [1.807, 2.05) is 0 Å². The Kier molecular flexibility index (Phi) is 6.51. The molecule has 2 N–H and O–H groups in total. The molecule has 146 valence electrons. The van der Waals surface area contributed by atoms with Crippen molar-refractivity contribution in [1.82, 2.24) is 5.32 Å². The molecule has 2 aromatic rings. The summed E-state index contributed by atoms with van der Waals surface area (Å²) in [5, 5.41) is 12.8. The zero-order chi connectivity index (χ0) is 20.0. The molecule has 0 fully saturated rings. The molecule has 0 radical (unpaired) electrons. The molecule has 6 nitrogen and oxygen atoms in total. The van der Waals surface area contributed by atoms with E-state index in [1.54, 1.807) is 18.2 Å². The van der Waals surface area contributed by atoms with Crippen molar-refractivity contribution < 1.29 is 37.3 Å². The molecule has 27 heavy (non-hydrogen) atoms. The van der Waals surface area contributed by atoms with E-state index < -0.39 is 24.1 Å². The summed E-state index contributed by atoms with van der Waals surface area (Å²) in [7, 11) is 2.92. The first-order valence-electron chi connectivity index (χ1n) is 7.77. The van der Waals surface area contributed by atoms with Gasteiger partial charge in [-0.25, -0.2) is 0 Å². The highest BCUT2D eigenvalue weighted by Crippen LogP contribution is 2.29. The Labute approximate surface area is 153 Å². The van der Waals surface area contributed by atoms with Crippen LogP contribution in [0.3, 0.4) is 0 Å². The molecule has 2 aromatic carbocycles. The van der Waals surface area contributed by atoms with Gasteiger partial charge in [-0.1, -0.05) is 0 Å². The van der Waals surface area contributed by atoms with Crippen LogP contribution in [0.1, 0.15) is 22.0 Å². The number of hydrogen-bond donors (Lipinski definition) is 2. The highest BCUT2D eigenvalue weighted by molar-refractivity contribution is 5.94. The van der Waals surface area contributed by atoms with Gasteiger partial charge in [0, 0.05) is 17.7 Å². The standard InChI is InChI=1S/C18H18F3NO5/c1-25-13-7-8-16(26-2)14(9-13)15(23)10-22-17(24)11-3-5-12(6-4-11)27-18(19,20)21/h3-9,15,23H,10H2,1-2H3,(H,22,24). The lowest BCUT2D eigenvalue weighted by atomic mass is 10.1. The molecule has 0 saturated carbocycles. The van der Waals surface area contributed by atoms with Gasteiger partial charge in [0.1, 0.15) is 23.4 Å². The van der Waals surface area contributed by atoms with E-state index in [0.29, 0.717) is 17.1 Å². The average molecular weight is 385 g/mol. The van der Waals surface area contributed by atoms with Gasteiger partial charge in [0.2, 0.25) is 0 Å². The number of aliphatic hydroxyl groups is 1. The number of nitrogens with one attached hydrogen (secondary N) is 1. The van der Waals surface area contributed by atoms with Gasteiger partial charge < -0.3 is 24.6 Å². The van der Waals surface area contributed by atoms with Crippen LogP contribution in [-0.2, 0) is 0 Å². The number of rotatable bonds is 7. The summed E-state index contributed by atoms with van der Waals surface area (Å²) in [5.74, 6) is -0.0581. The predicted octanol–water partition coefficient (Wildman–Crippen LogP) is 3.07. The Hall–Kier alpha value is -2.94. The fourth-order valence-electron chi connectivity index (χ4n) is 2.31. The first-order chi connectivity index (χ1) is 12.7. The van der Waals surface area contributed by atoms with Crippen molar-refractivity contribution in [3.8, 4) is 17.2 Å². The van der Waals surface area contributed by atoms with Crippen molar-refractivity contribution in [2.75, 3.05) is 20.8 Å². The van der Waals surface area contributed by atoms with Gasteiger partial charge in [-0.05, 0) is 42.5 Å². The van der Waals surface area contributed by atoms with Crippen LogP contribution in [0.25, 0.3) is 0 Å². The minimum Gasteiger partial charge on any atom is -0.497 e. The van der Waals surface area contributed by atoms with Crippen molar-refractivity contribution in [2.24, 2.45) is 0 Å². The van der Waals surface area contributed by atoms with Crippen LogP contribution in [0.5, 0.6) is 17.2 Å². The minimum atomic E-state index is -4.80. The van der Waals surface area contributed by atoms with E-state index >= 15 is 0 Å². The topological polar surface area (TPSA) is 77.0 Å². The van der Waals surface area contributed by atoms with Gasteiger partial charge in [0.05, 0.1) is 14.2 Å².